The highest BCUT2D eigenvalue weighted by Crippen LogP contribution is 2.37. The van der Waals surface area contributed by atoms with E-state index in [1.807, 2.05) is 0 Å². The van der Waals surface area contributed by atoms with E-state index in [0.717, 1.165) is 37.2 Å². The minimum absolute atomic E-state index is 0.550. The standard InChI is InChI=1S/C25H44O/c1-3-5-7-9-21-26-25-19-17-24(18-20-25)16-15-23-13-11-22(12-14-23)10-8-6-4-2/h4-7,22-25H,3,8-21H2,1-2H3/b6-4+,7-5-/t22-,23-,24-,25-. The molecule has 150 valence electrons. The van der Waals surface area contributed by atoms with E-state index < -0.39 is 0 Å². The molecule has 0 aromatic carbocycles. The fraction of sp³-hybridized carbons (Fsp3) is 0.840. The van der Waals surface area contributed by atoms with Crippen LogP contribution in [0, 0.1) is 17.8 Å². The number of rotatable bonds is 11. The molecular formula is C25H44O. The first kappa shape index (κ1) is 21.7. The van der Waals surface area contributed by atoms with E-state index in [2.05, 4.69) is 38.2 Å². The van der Waals surface area contributed by atoms with Crippen LogP contribution in [0.2, 0.25) is 0 Å². The van der Waals surface area contributed by atoms with Gasteiger partial charge in [0.1, 0.15) is 0 Å². The van der Waals surface area contributed by atoms with Crippen LogP contribution in [0.1, 0.15) is 104 Å². The summed E-state index contributed by atoms with van der Waals surface area (Å²) in [6.07, 6.45) is 29.0. The van der Waals surface area contributed by atoms with Crippen LogP contribution >= 0.6 is 0 Å². The average Bonchev–Trinajstić information content (AvgIpc) is 2.68. The van der Waals surface area contributed by atoms with Gasteiger partial charge in [-0.3, -0.25) is 0 Å². The van der Waals surface area contributed by atoms with Crippen molar-refractivity contribution in [1.29, 1.82) is 0 Å². The van der Waals surface area contributed by atoms with Gasteiger partial charge in [0.25, 0.3) is 0 Å². The van der Waals surface area contributed by atoms with E-state index in [1.165, 1.54) is 77.0 Å². The normalized spacial score (nSPS) is 30.4. The second kappa shape index (κ2) is 13.6. The zero-order valence-corrected chi connectivity index (χ0v) is 17.6. The number of ether oxygens (including phenoxy) is 1. The number of allylic oxidation sites excluding steroid dienone is 3. The molecule has 0 aromatic rings. The predicted molar refractivity (Wildman–Crippen MR) is 114 cm³/mol. The maximum Gasteiger partial charge on any atom is 0.0575 e. The minimum Gasteiger partial charge on any atom is -0.378 e. The van der Waals surface area contributed by atoms with Crippen molar-refractivity contribution < 1.29 is 4.74 Å². The monoisotopic (exact) mass is 360 g/mol. The summed E-state index contributed by atoms with van der Waals surface area (Å²) in [4.78, 5) is 0. The molecule has 2 saturated carbocycles. The summed E-state index contributed by atoms with van der Waals surface area (Å²) < 4.78 is 6.07. The Morgan fingerprint density at radius 3 is 1.85 bits per heavy atom. The summed E-state index contributed by atoms with van der Waals surface area (Å²) in [6.45, 7) is 5.25. The highest BCUT2D eigenvalue weighted by molar-refractivity contribution is 4.82. The predicted octanol–water partition coefficient (Wildman–Crippen LogP) is 7.86. The molecule has 0 unspecified atom stereocenters. The molecule has 0 atom stereocenters. The molecule has 0 bridgehead atoms. The third kappa shape index (κ3) is 8.89. The SMILES string of the molecule is C/C=C/CC[C@H]1CC[C@H](CC[C@H]2CC[C@H](OCC/C=C\CC)CC2)CC1. The number of hydrogen-bond donors (Lipinski definition) is 0. The van der Waals surface area contributed by atoms with Gasteiger partial charge in [-0.1, -0.05) is 69.8 Å². The van der Waals surface area contributed by atoms with Gasteiger partial charge in [0.2, 0.25) is 0 Å². The van der Waals surface area contributed by atoms with E-state index in [9.17, 15) is 0 Å². The van der Waals surface area contributed by atoms with Gasteiger partial charge in [0, 0.05) is 0 Å². The Morgan fingerprint density at radius 2 is 1.27 bits per heavy atom. The van der Waals surface area contributed by atoms with Gasteiger partial charge in [0.15, 0.2) is 0 Å². The quantitative estimate of drug-likeness (QED) is 0.269. The van der Waals surface area contributed by atoms with E-state index in [1.54, 1.807) is 0 Å². The average molecular weight is 361 g/mol. The summed E-state index contributed by atoms with van der Waals surface area (Å²) >= 11 is 0. The fourth-order valence-electron chi connectivity index (χ4n) is 4.95. The molecule has 0 saturated heterocycles. The molecule has 0 radical (unpaired) electrons. The zero-order valence-electron chi connectivity index (χ0n) is 17.6. The largest absolute Gasteiger partial charge is 0.378 e. The summed E-state index contributed by atoms with van der Waals surface area (Å²) in [5.74, 6) is 3.04. The maximum absolute atomic E-state index is 6.07. The summed E-state index contributed by atoms with van der Waals surface area (Å²) in [6, 6.07) is 0. The van der Waals surface area contributed by atoms with Gasteiger partial charge in [-0.05, 0) is 76.0 Å². The highest BCUT2D eigenvalue weighted by Gasteiger charge is 2.24. The second-order valence-corrected chi connectivity index (χ2v) is 8.79. The molecule has 2 fully saturated rings. The summed E-state index contributed by atoms with van der Waals surface area (Å²) in [5, 5.41) is 0. The van der Waals surface area contributed by atoms with Crippen LogP contribution in [0.5, 0.6) is 0 Å². The topological polar surface area (TPSA) is 9.23 Å². The van der Waals surface area contributed by atoms with Gasteiger partial charge in [0.05, 0.1) is 12.7 Å². The van der Waals surface area contributed by atoms with Gasteiger partial charge in [-0.15, -0.1) is 0 Å². The number of hydrogen-bond acceptors (Lipinski definition) is 1. The third-order valence-corrected chi connectivity index (χ3v) is 6.76. The van der Waals surface area contributed by atoms with Crippen molar-refractivity contribution in [2.24, 2.45) is 17.8 Å². The molecular weight excluding hydrogens is 316 g/mol. The van der Waals surface area contributed by atoms with Crippen LogP contribution in [0.3, 0.4) is 0 Å². The van der Waals surface area contributed by atoms with E-state index in [0.29, 0.717) is 6.10 Å². The molecule has 0 N–H and O–H groups in total. The van der Waals surface area contributed by atoms with Crippen LogP contribution in [0.15, 0.2) is 24.3 Å². The Balaban J connectivity index is 1.49. The Bertz CT molecular complexity index is 381. The van der Waals surface area contributed by atoms with Crippen LogP contribution in [0.4, 0.5) is 0 Å². The first-order valence-electron chi connectivity index (χ1n) is 11.7. The summed E-state index contributed by atoms with van der Waals surface area (Å²) in [7, 11) is 0. The molecule has 0 aliphatic heterocycles. The molecule has 0 amide bonds. The Morgan fingerprint density at radius 1 is 0.692 bits per heavy atom. The smallest absolute Gasteiger partial charge is 0.0575 e. The molecule has 2 rings (SSSR count). The molecule has 0 aromatic heterocycles. The van der Waals surface area contributed by atoms with Crippen LogP contribution in [-0.4, -0.2) is 12.7 Å². The van der Waals surface area contributed by atoms with Crippen molar-refractivity contribution in [3.05, 3.63) is 24.3 Å². The third-order valence-electron chi connectivity index (χ3n) is 6.76. The first-order valence-corrected chi connectivity index (χ1v) is 11.7. The van der Waals surface area contributed by atoms with Crippen LogP contribution < -0.4 is 0 Å². The van der Waals surface area contributed by atoms with Crippen LogP contribution in [0.25, 0.3) is 0 Å². The molecule has 2 aliphatic rings. The van der Waals surface area contributed by atoms with Crippen molar-refractivity contribution >= 4 is 0 Å². The van der Waals surface area contributed by atoms with E-state index >= 15 is 0 Å². The van der Waals surface area contributed by atoms with E-state index in [-0.39, 0.29) is 0 Å². The van der Waals surface area contributed by atoms with Crippen molar-refractivity contribution in [2.45, 2.75) is 110 Å². The second-order valence-electron chi connectivity index (χ2n) is 8.79. The molecule has 0 spiro atoms. The lowest BCUT2D eigenvalue weighted by atomic mass is 9.76. The molecule has 2 aliphatic carbocycles. The van der Waals surface area contributed by atoms with Crippen LogP contribution in [-0.2, 0) is 4.74 Å². The molecule has 26 heavy (non-hydrogen) atoms. The fourth-order valence-corrected chi connectivity index (χ4v) is 4.95. The van der Waals surface area contributed by atoms with Crippen molar-refractivity contribution in [3.63, 3.8) is 0 Å². The van der Waals surface area contributed by atoms with Gasteiger partial charge in [-0.2, -0.15) is 0 Å². The van der Waals surface area contributed by atoms with Gasteiger partial charge >= 0.3 is 0 Å². The maximum atomic E-state index is 6.07. The minimum atomic E-state index is 0.550. The highest BCUT2D eigenvalue weighted by atomic mass is 16.5. The molecule has 1 heteroatoms. The van der Waals surface area contributed by atoms with E-state index in [4.69, 9.17) is 4.74 Å². The Labute approximate surface area is 163 Å². The first-order chi connectivity index (χ1) is 12.8. The Hall–Kier alpha value is -0.560. The van der Waals surface area contributed by atoms with Crippen molar-refractivity contribution in [1.82, 2.24) is 0 Å². The van der Waals surface area contributed by atoms with Crippen molar-refractivity contribution in [2.75, 3.05) is 6.61 Å². The molecule has 0 heterocycles. The Kier molecular flexibility index (Phi) is 11.4. The van der Waals surface area contributed by atoms with Crippen molar-refractivity contribution in [3.8, 4) is 0 Å². The zero-order chi connectivity index (χ0) is 18.5. The summed E-state index contributed by atoms with van der Waals surface area (Å²) in [5.41, 5.74) is 0. The lowest BCUT2D eigenvalue weighted by Crippen LogP contribution is -2.23. The van der Waals surface area contributed by atoms with Gasteiger partial charge in [-0.25, -0.2) is 0 Å². The molecule has 1 nitrogen and oxygen atoms in total. The lowest BCUT2D eigenvalue weighted by Gasteiger charge is -2.32. The van der Waals surface area contributed by atoms with Gasteiger partial charge < -0.3 is 4.74 Å². The lowest BCUT2D eigenvalue weighted by molar-refractivity contribution is 0.0188.